The van der Waals surface area contributed by atoms with Gasteiger partial charge in [-0.1, -0.05) is 0 Å². The van der Waals surface area contributed by atoms with Crippen LogP contribution >= 0.6 is 0 Å². The Labute approximate surface area is 75.3 Å². The van der Waals surface area contributed by atoms with Crippen LogP contribution in [0.15, 0.2) is 12.3 Å². The van der Waals surface area contributed by atoms with Crippen LogP contribution in [0.4, 0.5) is 8.78 Å². The first-order chi connectivity index (χ1) is 6.22. The molecular weight excluding hydrogens is 178 g/mol. The quantitative estimate of drug-likeness (QED) is 0.706. The van der Waals surface area contributed by atoms with Gasteiger partial charge in [0.1, 0.15) is 6.54 Å². The molecule has 0 amide bonds. The fourth-order valence-corrected chi connectivity index (χ4v) is 0.930. The first-order valence-electron chi connectivity index (χ1n) is 4.10. The molecule has 0 aromatic carbocycles. The second-order valence-corrected chi connectivity index (χ2v) is 2.56. The number of ether oxygens (including phenoxy) is 1. The van der Waals surface area contributed by atoms with Crippen molar-refractivity contribution in [2.75, 3.05) is 6.61 Å². The molecule has 13 heavy (non-hydrogen) atoms. The monoisotopic (exact) mass is 190 g/mol. The van der Waals surface area contributed by atoms with Crippen LogP contribution in [0.1, 0.15) is 12.6 Å². The van der Waals surface area contributed by atoms with E-state index in [9.17, 15) is 8.78 Å². The highest BCUT2D eigenvalue weighted by molar-refractivity contribution is 4.96. The molecule has 5 heteroatoms. The number of aromatic nitrogens is 2. The van der Waals surface area contributed by atoms with Gasteiger partial charge < -0.3 is 4.74 Å². The molecular formula is C8H12F2N2O. The third kappa shape index (κ3) is 3.50. The third-order valence-corrected chi connectivity index (χ3v) is 1.48. The molecule has 0 saturated heterocycles. The van der Waals surface area contributed by atoms with Gasteiger partial charge in [0.2, 0.25) is 0 Å². The largest absolute Gasteiger partial charge is 0.375 e. The van der Waals surface area contributed by atoms with Gasteiger partial charge in [0.15, 0.2) is 0 Å². The summed E-state index contributed by atoms with van der Waals surface area (Å²) in [6, 6.07) is 1.68. The average molecular weight is 190 g/mol. The summed E-state index contributed by atoms with van der Waals surface area (Å²) >= 11 is 0. The second-order valence-electron chi connectivity index (χ2n) is 2.56. The second kappa shape index (κ2) is 4.91. The number of alkyl halides is 2. The normalized spacial score (nSPS) is 11.1. The van der Waals surface area contributed by atoms with Gasteiger partial charge in [-0.05, 0) is 13.0 Å². The van der Waals surface area contributed by atoms with Gasteiger partial charge in [-0.2, -0.15) is 5.10 Å². The van der Waals surface area contributed by atoms with Crippen molar-refractivity contribution in [3.63, 3.8) is 0 Å². The summed E-state index contributed by atoms with van der Waals surface area (Å²) in [6.45, 7) is 2.50. The van der Waals surface area contributed by atoms with Crippen molar-refractivity contribution >= 4 is 0 Å². The molecule has 0 aliphatic rings. The van der Waals surface area contributed by atoms with E-state index in [1.54, 1.807) is 6.07 Å². The van der Waals surface area contributed by atoms with Crippen LogP contribution in [-0.2, 0) is 17.9 Å². The fourth-order valence-electron chi connectivity index (χ4n) is 0.930. The van der Waals surface area contributed by atoms with Crippen molar-refractivity contribution in [1.29, 1.82) is 0 Å². The lowest BCUT2D eigenvalue weighted by molar-refractivity contribution is 0.117. The average Bonchev–Trinajstić information content (AvgIpc) is 2.48. The highest BCUT2D eigenvalue weighted by atomic mass is 19.3. The Hall–Kier alpha value is -0.970. The van der Waals surface area contributed by atoms with Gasteiger partial charge in [-0.15, -0.1) is 0 Å². The first-order valence-corrected chi connectivity index (χ1v) is 4.10. The zero-order chi connectivity index (χ0) is 9.68. The van der Waals surface area contributed by atoms with Gasteiger partial charge in [-0.25, -0.2) is 8.78 Å². The molecule has 0 saturated carbocycles. The summed E-state index contributed by atoms with van der Waals surface area (Å²) in [5, 5.41) is 3.90. The topological polar surface area (TPSA) is 27.1 Å². The van der Waals surface area contributed by atoms with E-state index in [1.807, 2.05) is 6.92 Å². The lowest BCUT2D eigenvalue weighted by atomic mass is 10.5. The van der Waals surface area contributed by atoms with E-state index >= 15 is 0 Å². The molecule has 1 aromatic heterocycles. The van der Waals surface area contributed by atoms with Crippen molar-refractivity contribution in [2.45, 2.75) is 26.5 Å². The smallest absolute Gasteiger partial charge is 0.257 e. The molecule has 1 heterocycles. The van der Waals surface area contributed by atoms with E-state index < -0.39 is 6.43 Å². The number of nitrogens with zero attached hydrogens (tertiary/aromatic N) is 2. The molecule has 0 atom stereocenters. The Morgan fingerprint density at radius 3 is 3.00 bits per heavy atom. The molecule has 0 aliphatic heterocycles. The van der Waals surface area contributed by atoms with Gasteiger partial charge in [0.05, 0.1) is 12.3 Å². The van der Waals surface area contributed by atoms with Gasteiger partial charge >= 0.3 is 0 Å². The summed E-state index contributed by atoms with van der Waals surface area (Å²) < 4.78 is 30.1. The maximum atomic E-state index is 11.9. The highest BCUT2D eigenvalue weighted by Crippen LogP contribution is 2.01. The van der Waals surface area contributed by atoms with Crippen LogP contribution in [0.2, 0.25) is 0 Å². The molecule has 0 radical (unpaired) electrons. The van der Waals surface area contributed by atoms with Gasteiger partial charge in [0, 0.05) is 12.8 Å². The zero-order valence-electron chi connectivity index (χ0n) is 7.41. The number of halogens is 2. The molecule has 0 bridgehead atoms. The summed E-state index contributed by atoms with van der Waals surface area (Å²) in [4.78, 5) is 0. The Kier molecular flexibility index (Phi) is 3.82. The molecule has 3 nitrogen and oxygen atoms in total. The summed E-state index contributed by atoms with van der Waals surface area (Å²) in [6.07, 6.45) is -0.833. The van der Waals surface area contributed by atoms with E-state index in [-0.39, 0.29) is 6.54 Å². The van der Waals surface area contributed by atoms with E-state index in [0.717, 1.165) is 0 Å². The first kappa shape index (κ1) is 10.1. The highest BCUT2D eigenvalue weighted by Gasteiger charge is 2.05. The Morgan fingerprint density at radius 1 is 1.62 bits per heavy atom. The maximum Gasteiger partial charge on any atom is 0.257 e. The summed E-state index contributed by atoms with van der Waals surface area (Å²) in [5.41, 5.74) is 0.683. The van der Waals surface area contributed by atoms with Crippen molar-refractivity contribution in [3.05, 3.63) is 18.0 Å². The van der Waals surface area contributed by atoms with E-state index in [4.69, 9.17) is 4.74 Å². The molecule has 1 aromatic rings. The van der Waals surface area contributed by atoms with Crippen molar-refractivity contribution in [1.82, 2.24) is 9.78 Å². The molecule has 0 fully saturated rings. The van der Waals surface area contributed by atoms with E-state index in [0.29, 0.717) is 18.9 Å². The standard InChI is InChI=1S/C8H12F2N2O/c1-2-13-6-7-3-4-12(11-7)5-8(9)10/h3-4,8H,2,5-6H2,1H3. The van der Waals surface area contributed by atoms with Gasteiger partial charge in [0.25, 0.3) is 6.43 Å². The Bertz CT molecular complexity index is 250. The van der Waals surface area contributed by atoms with Crippen LogP contribution in [0, 0.1) is 0 Å². The maximum absolute atomic E-state index is 11.9. The number of hydrogen-bond donors (Lipinski definition) is 0. The molecule has 1 rings (SSSR count). The van der Waals surface area contributed by atoms with Crippen LogP contribution in [0.3, 0.4) is 0 Å². The van der Waals surface area contributed by atoms with E-state index in [2.05, 4.69) is 5.10 Å². The molecule has 0 aliphatic carbocycles. The van der Waals surface area contributed by atoms with Crippen molar-refractivity contribution in [3.8, 4) is 0 Å². The van der Waals surface area contributed by atoms with Crippen LogP contribution < -0.4 is 0 Å². The molecule has 0 spiro atoms. The lowest BCUT2D eigenvalue weighted by Crippen LogP contribution is -2.07. The fraction of sp³-hybridized carbons (Fsp3) is 0.625. The minimum Gasteiger partial charge on any atom is -0.375 e. The van der Waals surface area contributed by atoms with Crippen LogP contribution in [0.25, 0.3) is 0 Å². The number of rotatable bonds is 5. The Balaban J connectivity index is 2.44. The Morgan fingerprint density at radius 2 is 2.38 bits per heavy atom. The third-order valence-electron chi connectivity index (χ3n) is 1.48. The minimum absolute atomic E-state index is 0.355. The lowest BCUT2D eigenvalue weighted by Gasteiger charge is -1.99. The molecule has 0 unspecified atom stereocenters. The predicted octanol–water partition coefficient (Wildman–Crippen LogP) is 1.68. The van der Waals surface area contributed by atoms with Crippen molar-refractivity contribution < 1.29 is 13.5 Å². The van der Waals surface area contributed by atoms with Crippen molar-refractivity contribution in [2.24, 2.45) is 0 Å². The summed E-state index contributed by atoms with van der Waals surface area (Å²) in [5.74, 6) is 0. The minimum atomic E-state index is -2.36. The zero-order valence-corrected chi connectivity index (χ0v) is 7.41. The number of hydrogen-bond acceptors (Lipinski definition) is 2. The molecule has 74 valence electrons. The van der Waals surface area contributed by atoms with Gasteiger partial charge in [-0.3, -0.25) is 4.68 Å². The molecule has 0 N–H and O–H groups in total. The summed E-state index contributed by atoms with van der Waals surface area (Å²) in [7, 11) is 0. The van der Waals surface area contributed by atoms with E-state index in [1.165, 1.54) is 10.9 Å². The SMILES string of the molecule is CCOCc1ccn(CC(F)F)n1. The van der Waals surface area contributed by atoms with Crippen LogP contribution in [-0.4, -0.2) is 22.8 Å². The predicted molar refractivity (Wildman–Crippen MR) is 43.6 cm³/mol. The van der Waals surface area contributed by atoms with Crippen LogP contribution in [0.5, 0.6) is 0 Å².